The molecule has 0 aliphatic rings. The molecule has 0 aliphatic heterocycles. The van der Waals surface area contributed by atoms with Crippen molar-refractivity contribution < 1.29 is 18.7 Å². The van der Waals surface area contributed by atoms with Crippen LogP contribution in [0.2, 0.25) is 0 Å². The first-order chi connectivity index (χ1) is 16.4. The summed E-state index contributed by atoms with van der Waals surface area (Å²) in [4.78, 5) is 28.7. The fraction of sp³-hybridized carbons (Fsp3) is 0.280. The lowest BCUT2D eigenvalue weighted by atomic mass is 10.1. The van der Waals surface area contributed by atoms with Crippen LogP contribution in [0, 0.1) is 13.8 Å². The molecule has 0 aliphatic carbocycles. The number of nitrogens with zero attached hydrogens (tertiary/aromatic N) is 3. The standard InChI is InChI=1S/C25H26N4O4S/c1-5-32-24(31)20-15(2)21(26-16(20)3)22(30)17(4)34-25-28-27-23(18-10-7-6-8-11-18)29(25)14-19-12-9-13-33-19/h6-13,17,26H,5,14H2,1-4H3/t17-/m1/s1. The number of thioether (sulfide) groups is 1. The molecule has 0 spiro atoms. The number of rotatable bonds is 9. The van der Waals surface area contributed by atoms with Crippen molar-refractivity contribution in [1.29, 1.82) is 0 Å². The summed E-state index contributed by atoms with van der Waals surface area (Å²) in [5.41, 5.74) is 2.94. The van der Waals surface area contributed by atoms with E-state index in [1.807, 2.05) is 54.0 Å². The van der Waals surface area contributed by atoms with Gasteiger partial charge >= 0.3 is 5.97 Å². The van der Waals surface area contributed by atoms with Crippen molar-refractivity contribution in [3.8, 4) is 11.4 Å². The minimum Gasteiger partial charge on any atom is -0.467 e. The SMILES string of the molecule is CCOC(=O)c1c(C)[nH]c(C(=O)[C@@H](C)Sc2nnc(-c3ccccc3)n2Cc2ccco2)c1C. The molecule has 3 aromatic heterocycles. The van der Waals surface area contributed by atoms with Crippen molar-refractivity contribution in [3.63, 3.8) is 0 Å². The second kappa shape index (κ2) is 10.1. The van der Waals surface area contributed by atoms with E-state index in [4.69, 9.17) is 9.15 Å². The summed E-state index contributed by atoms with van der Waals surface area (Å²) in [7, 11) is 0. The smallest absolute Gasteiger partial charge is 0.340 e. The second-order valence-corrected chi connectivity index (χ2v) is 9.12. The van der Waals surface area contributed by atoms with Crippen molar-refractivity contribution in [1.82, 2.24) is 19.7 Å². The lowest BCUT2D eigenvalue weighted by molar-refractivity contribution is 0.0525. The molecular weight excluding hydrogens is 452 g/mol. The summed E-state index contributed by atoms with van der Waals surface area (Å²) in [6.45, 7) is 7.80. The van der Waals surface area contributed by atoms with Gasteiger partial charge in [0.1, 0.15) is 5.76 Å². The molecule has 9 heteroatoms. The van der Waals surface area contributed by atoms with E-state index in [-0.39, 0.29) is 12.4 Å². The Balaban J connectivity index is 1.63. The molecule has 0 saturated heterocycles. The van der Waals surface area contributed by atoms with E-state index in [2.05, 4.69) is 15.2 Å². The first-order valence-electron chi connectivity index (χ1n) is 11.0. The molecule has 1 N–H and O–H groups in total. The van der Waals surface area contributed by atoms with Crippen molar-refractivity contribution in [2.24, 2.45) is 0 Å². The molecule has 1 atom stereocenters. The number of carbonyl (C=O) groups excluding carboxylic acids is 2. The third kappa shape index (κ3) is 4.70. The van der Waals surface area contributed by atoms with E-state index in [0.717, 1.165) is 11.3 Å². The van der Waals surface area contributed by atoms with E-state index in [1.165, 1.54) is 11.8 Å². The van der Waals surface area contributed by atoms with Gasteiger partial charge in [-0.1, -0.05) is 42.1 Å². The van der Waals surface area contributed by atoms with Crippen molar-refractivity contribution >= 4 is 23.5 Å². The van der Waals surface area contributed by atoms with Gasteiger partial charge < -0.3 is 14.1 Å². The van der Waals surface area contributed by atoms with Gasteiger partial charge in [-0.3, -0.25) is 9.36 Å². The number of esters is 1. The van der Waals surface area contributed by atoms with Crippen LogP contribution < -0.4 is 0 Å². The van der Waals surface area contributed by atoms with Gasteiger partial charge in [0.25, 0.3) is 0 Å². The Morgan fingerprint density at radius 2 is 1.91 bits per heavy atom. The van der Waals surface area contributed by atoms with E-state index < -0.39 is 11.2 Å². The van der Waals surface area contributed by atoms with Gasteiger partial charge in [-0.05, 0) is 45.4 Å². The minimum atomic E-state index is -0.477. The van der Waals surface area contributed by atoms with E-state index in [1.54, 1.807) is 27.0 Å². The number of H-pyrrole nitrogens is 1. The maximum atomic E-state index is 13.3. The van der Waals surface area contributed by atoms with Crippen LogP contribution in [0.4, 0.5) is 0 Å². The Morgan fingerprint density at radius 3 is 2.59 bits per heavy atom. The highest BCUT2D eigenvalue weighted by Gasteiger charge is 2.28. The highest BCUT2D eigenvalue weighted by molar-refractivity contribution is 8.00. The lowest BCUT2D eigenvalue weighted by Gasteiger charge is -2.12. The van der Waals surface area contributed by atoms with E-state index in [0.29, 0.717) is 40.0 Å². The van der Waals surface area contributed by atoms with Gasteiger partial charge in [-0.15, -0.1) is 10.2 Å². The van der Waals surface area contributed by atoms with E-state index in [9.17, 15) is 9.59 Å². The van der Waals surface area contributed by atoms with Gasteiger partial charge in [0.2, 0.25) is 0 Å². The summed E-state index contributed by atoms with van der Waals surface area (Å²) >= 11 is 1.31. The minimum absolute atomic E-state index is 0.130. The summed E-state index contributed by atoms with van der Waals surface area (Å²) in [5.74, 6) is 0.886. The quantitative estimate of drug-likeness (QED) is 0.203. The number of nitrogens with one attached hydrogen (secondary N) is 1. The number of hydrogen-bond donors (Lipinski definition) is 1. The number of furan rings is 1. The number of carbonyl (C=O) groups is 2. The number of aryl methyl sites for hydroxylation is 1. The zero-order chi connectivity index (χ0) is 24.2. The van der Waals surface area contributed by atoms with Crippen LogP contribution >= 0.6 is 11.8 Å². The predicted molar refractivity (Wildman–Crippen MR) is 129 cm³/mol. The van der Waals surface area contributed by atoms with E-state index >= 15 is 0 Å². The largest absolute Gasteiger partial charge is 0.467 e. The fourth-order valence-corrected chi connectivity index (χ4v) is 4.71. The number of aromatic nitrogens is 4. The summed E-state index contributed by atoms with van der Waals surface area (Å²) in [5, 5.41) is 8.91. The molecule has 3 heterocycles. The second-order valence-electron chi connectivity index (χ2n) is 7.81. The zero-order valence-corrected chi connectivity index (χ0v) is 20.3. The van der Waals surface area contributed by atoms with Crippen LogP contribution in [0.15, 0.2) is 58.3 Å². The Morgan fingerprint density at radius 1 is 1.15 bits per heavy atom. The van der Waals surface area contributed by atoms with Crippen molar-refractivity contribution in [2.75, 3.05) is 6.61 Å². The maximum Gasteiger partial charge on any atom is 0.340 e. The zero-order valence-electron chi connectivity index (χ0n) is 19.5. The number of ketones is 1. The Hall–Kier alpha value is -3.59. The molecule has 0 bridgehead atoms. The van der Waals surface area contributed by atoms with Crippen LogP contribution in [-0.4, -0.2) is 43.4 Å². The number of benzene rings is 1. The Bertz CT molecular complexity index is 1290. The highest BCUT2D eigenvalue weighted by Crippen LogP contribution is 2.30. The molecule has 4 rings (SSSR count). The molecule has 0 saturated carbocycles. The van der Waals surface area contributed by atoms with Gasteiger partial charge in [-0.2, -0.15) is 0 Å². The number of aromatic amines is 1. The van der Waals surface area contributed by atoms with Crippen LogP contribution in [-0.2, 0) is 11.3 Å². The third-order valence-electron chi connectivity index (χ3n) is 5.46. The van der Waals surface area contributed by atoms with Gasteiger partial charge in [0.15, 0.2) is 16.8 Å². The molecule has 0 fully saturated rings. The third-order valence-corrected chi connectivity index (χ3v) is 6.54. The number of ether oxygens (including phenoxy) is 1. The normalized spacial score (nSPS) is 12.0. The molecular formula is C25H26N4O4S. The molecule has 1 aromatic carbocycles. The number of Topliss-reactive ketones (excluding diaryl/α,β-unsaturated/α-hetero) is 1. The van der Waals surface area contributed by atoms with Crippen LogP contribution in [0.3, 0.4) is 0 Å². The molecule has 0 amide bonds. The highest BCUT2D eigenvalue weighted by atomic mass is 32.2. The molecule has 0 unspecified atom stereocenters. The van der Waals surface area contributed by atoms with Gasteiger partial charge in [0.05, 0.1) is 35.9 Å². The Kier molecular flexibility index (Phi) is 7.02. The monoisotopic (exact) mass is 478 g/mol. The van der Waals surface area contributed by atoms with Crippen LogP contribution in [0.5, 0.6) is 0 Å². The molecule has 0 radical (unpaired) electrons. The van der Waals surface area contributed by atoms with Crippen molar-refractivity contribution in [2.45, 2.75) is 44.6 Å². The van der Waals surface area contributed by atoms with Gasteiger partial charge in [0, 0.05) is 11.3 Å². The molecule has 176 valence electrons. The average molecular weight is 479 g/mol. The average Bonchev–Trinajstić information content (AvgIpc) is 3.55. The maximum absolute atomic E-state index is 13.3. The fourth-order valence-electron chi connectivity index (χ4n) is 3.80. The number of hydrogen-bond acceptors (Lipinski definition) is 7. The molecule has 4 aromatic rings. The van der Waals surface area contributed by atoms with Crippen molar-refractivity contribution in [3.05, 3.63) is 77.0 Å². The lowest BCUT2D eigenvalue weighted by Crippen LogP contribution is -2.17. The Labute approximate surface area is 201 Å². The molecule has 8 nitrogen and oxygen atoms in total. The predicted octanol–water partition coefficient (Wildman–Crippen LogP) is 5.07. The summed E-state index contributed by atoms with van der Waals surface area (Å²) in [6, 6.07) is 13.5. The molecule has 34 heavy (non-hydrogen) atoms. The van der Waals surface area contributed by atoms with Gasteiger partial charge in [-0.25, -0.2) is 4.79 Å². The van der Waals surface area contributed by atoms with Crippen LogP contribution in [0.1, 0.15) is 51.7 Å². The topological polar surface area (TPSA) is 103 Å². The summed E-state index contributed by atoms with van der Waals surface area (Å²) < 4.78 is 12.6. The summed E-state index contributed by atoms with van der Waals surface area (Å²) in [6.07, 6.45) is 1.62. The first kappa shape index (κ1) is 23.6. The first-order valence-corrected chi connectivity index (χ1v) is 11.9. The van der Waals surface area contributed by atoms with Crippen LogP contribution in [0.25, 0.3) is 11.4 Å².